The van der Waals surface area contributed by atoms with Crippen LogP contribution in [0.25, 0.3) is 22.0 Å². The number of pyridine rings is 1. The van der Waals surface area contributed by atoms with Crippen molar-refractivity contribution < 1.29 is 4.79 Å². The number of carbonyl (C=O) groups is 1. The molecule has 0 amide bonds. The number of aryl methyl sites for hydroxylation is 1. The molecule has 1 fully saturated rings. The largest absolute Gasteiger partial charge is 0.399 e. The predicted octanol–water partition coefficient (Wildman–Crippen LogP) is 5.35. The first-order valence-electron chi connectivity index (χ1n) is 10.5. The molecule has 1 aromatic heterocycles. The van der Waals surface area contributed by atoms with Crippen molar-refractivity contribution in [1.82, 2.24) is 4.98 Å². The molecule has 1 atom stereocenters. The molecule has 2 aromatic carbocycles. The smallest absolute Gasteiger partial charge is 0.132 e. The zero-order valence-electron chi connectivity index (χ0n) is 16.2. The van der Waals surface area contributed by atoms with E-state index in [1.165, 1.54) is 28.8 Å². The van der Waals surface area contributed by atoms with Crippen molar-refractivity contribution in [2.75, 3.05) is 5.73 Å². The second-order valence-electron chi connectivity index (χ2n) is 8.43. The molecule has 142 valence electrons. The van der Waals surface area contributed by atoms with Gasteiger partial charge in [-0.25, -0.2) is 0 Å². The number of benzene rings is 2. The van der Waals surface area contributed by atoms with Crippen LogP contribution in [0.2, 0.25) is 0 Å². The summed E-state index contributed by atoms with van der Waals surface area (Å²) in [7, 11) is 0. The van der Waals surface area contributed by atoms with Gasteiger partial charge in [0.05, 0.1) is 5.52 Å². The van der Waals surface area contributed by atoms with Crippen molar-refractivity contribution in [2.24, 2.45) is 11.8 Å². The number of hydrogen-bond acceptors (Lipinski definition) is 3. The van der Waals surface area contributed by atoms with Gasteiger partial charge >= 0.3 is 0 Å². The van der Waals surface area contributed by atoms with E-state index in [1.54, 1.807) is 0 Å². The van der Waals surface area contributed by atoms with Gasteiger partial charge in [0, 0.05) is 29.6 Å². The quantitative estimate of drug-likeness (QED) is 0.619. The van der Waals surface area contributed by atoms with E-state index in [-0.39, 0.29) is 0 Å². The Labute approximate surface area is 166 Å². The molecule has 3 aromatic rings. The Morgan fingerprint density at radius 3 is 2.43 bits per heavy atom. The lowest BCUT2D eigenvalue weighted by molar-refractivity contribution is -0.121. The van der Waals surface area contributed by atoms with E-state index in [0.717, 1.165) is 55.1 Å². The fourth-order valence-corrected chi connectivity index (χ4v) is 5.25. The Balaban J connectivity index is 1.63. The van der Waals surface area contributed by atoms with Gasteiger partial charge in [0.15, 0.2) is 0 Å². The lowest BCUT2D eigenvalue weighted by Crippen LogP contribution is -2.27. The minimum absolute atomic E-state index is 0.445. The third kappa shape index (κ3) is 3.09. The number of anilines is 1. The SMILES string of the molecule is Nc1ccc2nc3c(c(-c4ccccc4)c2c1)C[C@H](C1CCC(=O)CC1)CC3. The molecule has 3 heteroatoms. The molecule has 2 N–H and O–H groups in total. The number of hydrogen-bond donors (Lipinski definition) is 1. The molecular weight excluding hydrogens is 344 g/mol. The minimum atomic E-state index is 0.445. The van der Waals surface area contributed by atoms with Gasteiger partial charge < -0.3 is 5.73 Å². The standard InChI is InChI=1S/C25H26N2O/c26-19-9-13-24-22(15-19)25(17-4-2-1-3-5-17)21-14-18(8-12-23(21)27-24)16-6-10-20(28)11-7-16/h1-5,9,13,15-16,18H,6-8,10-12,14,26H2/t18-/m1/s1. The number of fused-ring (bicyclic) bond motifs is 2. The van der Waals surface area contributed by atoms with Gasteiger partial charge in [0.1, 0.15) is 5.78 Å². The molecule has 2 aliphatic carbocycles. The van der Waals surface area contributed by atoms with E-state index in [9.17, 15) is 4.79 Å². The first kappa shape index (κ1) is 17.4. The number of Topliss-reactive ketones (excluding diaryl/α,β-unsaturated/α-hetero) is 1. The van der Waals surface area contributed by atoms with Crippen LogP contribution < -0.4 is 5.73 Å². The van der Waals surface area contributed by atoms with Crippen LogP contribution in [0.5, 0.6) is 0 Å². The average molecular weight is 370 g/mol. The third-order valence-corrected chi connectivity index (χ3v) is 6.73. The van der Waals surface area contributed by atoms with Crippen molar-refractivity contribution >= 4 is 22.4 Å². The van der Waals surface area contributed by atoms with Crippen LogP contribution in [0.4, 0.5) is 5.69 Å². The van der Waals surface area contributed by atoms with Gasteiger partial charge in [-0.15, -0.1) is 0 Å². The lowest BCUT2D eigenvalue weighted by Gasteiger charge is -2.34. The molecule has 0 unspecified atom stereocenters. The molecule has 0 saturated heterocycles. The Bertz CT molecular complexity index is 1030. The van der Waals surface area contributed by atoms with E-state index in [4.69, 9.17) is 10.7 Å². The zero-order valence-corrected chi connectivity index (χ0v) is 16.2. The van der Waals surface area contributed by atoms with Gasteiger partial charge in [-0.05, 0) is 78.8 Å². The maximum Gasteiger partial charge on any atom is 0.132 e. The Morgan fingerprint density at radius 1 is 0.893 bits per heavy atom. The Kier molecular flexibility index (Phi) is 4.38. The summed E-state index contributed by atoms with van der Waals surface area (Å²) in [4.78, 5) is 16.7. The average Bonchev–Trinajstić information content (AvgIpc) is 2.73. The number of rotatable bonds is 2. The van der Waals surface area contributed by atoms with Crippen molar-refractivity contribution in [3.8, 4) is 11.1 Å². The highest BCUT2D eigenvalue weighted by Crippen LogP contribution is 2.42. The highest BCUT2D eigenvalue weighted by atomic mass is 16.1. The summed E-state index contributed by atoms with van der Waals surface area (Å²) in [6.07, 6.45) is 6.95. The Hall–Kier alpha value is -2.68. The predicted molar refractivity (Wildman–Crippen MR) is 114 cm³/mol. The molecule has 0 radical (unpaired) electrons. The van der Waals surface area contributed by atoms with Gasteiger partial charge in [-0.1, -0.05) is 30.3 Å². The molecule has 1 heterocycles. The van der Waals surface area contributed by atoms with Gasteiger partial charge in [0.25, 0.3) is 0 Å². The van der Waals surface area contributed by atoms with Crippen LogP contribution in [-0.4, -0.2) is 10.8 Å². The van der Waals surface area contributed by atoms with Crippen LogP contribution in [0.1, 0.15) is 43.4 Å². The van der Waals surface area contributed by atoms with Crippen LogP contribution in [0.15, 0.2) is 48.5 Å². The normalized spacial score (nSPS) is 20.3. The molecule has 0 bridgehead atoms. The third-order valence-electron chi connectivity index (χ3n) is 6.73. The summed E-state index contributed by atoms with van der Waals surface area (Å²) < 4.78 is 0. The maximum absolute atomic E-state index is 11.7. The van der Waals surface area contributed by atoms with Crippen molar-refractivity contribution in [2.45, 2.75) is 44.9 Å². The zero-order chi connectivity index (χ0) is 19.1. The summed E-state index contributed by atoms with van der Waals surface area (Å²) >= 11 is 0. The number of nitrogens with two attached hydrogens (primary N) is 1. The molecule has 0 spiro atoms. The maximum atomic E-state index is 11.7. The lowest BCUT2D eigenvalue weighted by atomic mass is 9.71. The van der Waals surface area contributed by atoms with Crippen LogP contribution >= 0.6 is 0 Å². The molecular formula is C25H26N2O. The van der Waals surface area contributed by atoms with Gasteiger partial charge in [0.2, 0.25) is 0 Å². The topological polar surface area (TPSA) is 56.0 Å². The fourth-order valence-electron chi connectivity index (χ4n) is 5.25. The first-order valence-corrected chi connectivity index (χ1v) is 10.5. The Morgan fingerprint density at radius 2 is 1.64 bits per heavy atom. The van der Waals surface area contributed by atoms with Crippen LogP contribution in [-0.2, 0) is 17.6 Å². The van der Waals surface area contributed by atoms with Crippen LogP contribution in [0.3, 0.4) is 0 Å². The number of carbonyl (C=O) groups excluding carboxylic acids is 1. The summed E-state index contributed by atoms with van der Waals surface area (Å²) in [5.74, 6) is 1.77. The van der Waals surface area contributed by atoms with E-state index < -0.39 is 0 Å². The van der Waals surface area contributed by atoms with Gasteiger partial charge in [-0.3, -0.25) is 9.78 Å². The first-order chi connectivity index (χ1) is 13.7. The van der Waals surface area contributed by atoms with Gasteiger partial charge in [-0.2, -0.15) is 0 Å². The summed E-state index contributed by atoms with van der Waals surface area (Å²) in [5, 5.41) is 1.16. The highest BCUT2D eigenvalue weighted by molar-refractivity contribution is 5.98. The molecule has 5 rings (SSSR count). The fraction of sp³-hybridized carbons (Fsp3) is 0.360. The second kappa shape index (κ2) is 7.05. The summed E-state index contributed by atoms with van der Waals surface area (Å²) in [6, 6.07) is 16.7. The summed E-state index contributed by atoms with van der Waals surface area (Å²) in [5.41, 5.74) is 13.2. The van der Waals surface area contributed by atoms with Crippen molar-refractivity contribution in [3.63, 3.8) is 0 Å². The van der Waals surface area contributed by atoms with E-state index >= 15 is 0 Å². The summed E-state index contributed by atoms with van der Waals surface area (Å²) in [6.45, 7) is 0. The number of nitrogen functional groups attached to an aromatic ring is 1. The number of ketones is 1. The molecule has 28 heavy (non-hydrogen) atoms. The molecule has 1 saturated carbocycles. The van der Waals surface area contributed by atoms with Crippen molar-refractivity contribution in [3.05, 3.63) is 59.8 Å². The van der Waals surface area contributed by atoms with Crippen molar-refractivity contribution in [1.29, 1.82) is 0 Å². The monoisotopic (exact) mass is 370 g/mol. The number of aromatic nitrogens is 1. The molecule has 3 nitrogen and oxygen atoms in total. The van der Waals surface area contributed by atoms with E-state index in [0.29, 0.717) is 17.6 Å². The second-order valence-corrected chi connectivity index (χ2v) is 8.43. The number of nitrogens with zero attached hydrogens (tertiary/aromatic N) is 1. The minimum Gasteiger partial charge on any atom is -0.399 e. The van der Waals surface area contributed by atoms with E-state index in [2.05, 4.69) is 42.5 Å². The van der Waals surface area contributed by atoms with Crippen LogP contribution in [0, 0.1) is 11.8 Å². The van der Waals surface area contributed by atoms with E-state index in [1.807, 2.05) is 6.07 Å². The molecule has 2 aliphatic rings. The highest BCUT2D eigenvalue weighted by Gasteiger charge is 2.31. The molecule has 0 aliphatic heterocycles.